The first-order valence-corrected chi connectivity index (χ1v) is 7.78. The summed E-state index contributed by atoms with van der Waals surface area (Å²) >= 11 is 0. The number of rotatable bonds is 6. The molecule has 2 N–H and O–H groups in total. The van der Waals surface area contributed by atoms with Gasteiger partial charge in [-0.2, -0.15) is 0 Å². The van der Waals surface area contributed by atoms with Crippen LogP contribution in [0.4, 0.5) is 0 Å². The summed E-state index contributed by atoms with van der Waals surface area (Å²) in [4.78, 5) is 16.3. The van der Waals surface area contributed by atoms with Gasteiger partial charge in [-0.1, -0.05) is 18.2 Å². The van der Waals surface area contributed by atoms with Crippen LogP contribution in [0.5, 0.6) is 11.6 Å². The Balaban J connectivity index is 1.59. The molecule has 0 spiro atoms. The smallest absolute Gasteiger partial charge is 0.252 e. The van der Waals surface area contributed by atoms with Crippen molar-refractivity contribution in [3.05, 3.63) is 78.4 Å². The quantitative estimate of drug-likeness (QED) is 0.721. The van der Waals surface area contributed by atoms with E-state index in [9.17, 15) is 9.90 Å². The Bertz CT molecular complexity index is 812. The highest BCUT2D eigenvalue weighted by molar-refractivity contribution is 5.93. The minimum absolute atomic E-state index is 0.0155. The molecule has 2 heterocycles. The molecule has 1 aromatic carbocycles. The van der Waals surface area contributed by atoms with E-state index in [-0.39, 0.29) is 12.5 Å². The first-order valence-electron chi connectivity index (χ1n) is 7.78. The van der Waals surface area contributed by atoms with Crippen molar-refractivity contribution in [3.63, 3.8) is 0 Å². The second-order valence-corrected chi connectivity index (χ2v) is 5.73. The molecule has 6 nitrogen and oxygen atoms in total. The van der Waals surface area contributed by atoms with Gasteiger partial charge in [-0.05, 0) is 37.3 Å². The fourth-order valence-corrected chi connectivity index (χ4v) is 2.21. The summed E-state index contributed by atoms with van der Waals surface area (Å²) in [5.74, 6) is 1.11. The van der Waals surface area contributed by atoms with Crippen LogP contribution in [-0.2, 0) is 5.60 Å². The molecular formula is C19H18N2O4. The molecule has 3 aromatic rings. The van der Waals surface area contributed by atoms with E-state index in [1.165, 1.54) is 12.5 Å². The molecule has 0 aliphatic rings. The minimum atomic E-state index is -1.29. The third-order valence-corrected chi connectivity index (χ3v) is 3.61. The lowest BCUT2D eigenvalue weighted by Gasteiger charge is -2.21. The maximum Gasteiger partial charge on any atom is 0.252 e. The predicted molar refractivity (Wildman–Crippen MR) is 91.4 cm³/mol. The molecule has 0 radical (unpaired) electrons. The van der Waals surface area contributed by atoms with Gasteiger partial charge in [0.25, 0.3) is 5.91 Å². The number of furan rings is 1. The van der Waals surface area contributed by atoms with Gasteiger partial charge >= 0.3 is 0 Å². The maximum atomic E-state index is 12.2. The van der Waals surface area contributed by atoms with Crippen molar-refractivity contribution in [1.29, 1.82) is 0 Å². The predicted octanol–water partition coefficient (Wildman–Crippen LogP) is 3.10. The number of benzene rings is 1. The lowest BCUT2D eigenvalue weighted by Crippen LogP contribution is -2.38. The van der Waals surface area contributed by atoms with Crippen molar-refractivity contribution in [2.75, 3.05) is 6.54 Å². The van der Waals surface area contributed by atoms with E-state index in [1.54, 1.807) is 31.2 Å². The lowest BCUT2D eigenvalue weighted by atomic mass is 10.0. The van der Waals surface area contributed by atoms with Gasteiger partial charge in [0, 0.05) is 12.3 Å². The van der Waals surface area contributed by atoms with E-state index in [4.69, 9.17) is 9.15 Å². The average molecular weight is 338 g/mol. The molecule has 0 aliphatic carbocycles. The number of nitrogens with one attached hydrogen (secondary N) is 1. The number of para-hydroxylation sites is 1. The van der Waals surface area contributed by atoms with E-state index >= 15 is 0 Å². The van der Waals surface area contributed by atoms with Crippen LogP contribution in [0.2, 0.25) is 0 Å². The average Bonchev–Trinajstić information content (AvgIpc) is 3.17. The number of amides is 1. The number of carbonyl (C=O) groups excluding carboxylic acids is 1. The van der Waals surface area contributed by atoms with Gasteiger partial charge < -0.3 is 19.6 Å². The van der Waals surface area contributed by atoms with E-state index in [0.717, 1.165) is 0 Å². The Morgan fingerprint density at radius 3 is 2.64 bits per heavy atom. The number of nitrogens with zero attached hydrogens (tertiary/aromatic N) is 1. The van der Waals surface area contributed by atoms with Gasteiger partial charge in [0.05, 0.1) is 18.4 Å². The van der Waals surface area contributed by atoms with Gasteiger partial charge in [-0.3, -0.25) is 4.79 Å². The molecule has 0 aliphatic heterocycles. The molecule has 0 saturated heterocycles. The molecule has 3 rings (SSSR count). The van der Waals surface area contributed by atoms with Crippen molar-refractivity contribution in [3.8, 4) is 11.6 Å². The van der Waals surface area contributed by atoms with Crippen LogP contribution in [-0.4, -0.2) is 22.5 Å². The van der Waals surface area contributed by atoms with Gasteiger partial charge in [-0.25, -0.2) is 4.98 Å². The van der Waals surface area contributed by atoms with Crippen LogP contribution < -0.4 is 10.1 Å². The third kappa shape index (κ3) is 4.24. The Morgan fingerprint density at radius 1 is 1.20 bits per heavy atom. The highest BCUT2D eigenvalue weighted by Gasteiger charge is 2.27. The first-order chi connectivity index (χ1) is 12.0. The zero-order valence-corrected chi connectivity index (χ0v) is 13.7. The SMILES string of the molecule is CC(O)(CNC(=O)c1ccc(Oc2ccccc2)nc1)c1ccco1. The van der Waals surface area contributed by atoms with Gasteiger partial charge in [0.1, 0.15) is 17.1 Å². The Morgan fingerprint density at radius 2 is 2.00 bits per heavy atom. The summed E-state index contributed by atoms with van der Waals surface area (Å²) < 4.78 is 10.8. The number of aromatic nitrogens is 1. The molecule has 1 amide bonds. The summed E-state index contributed by atoms with van der Waals surface area (Å²) in [7, 11) is 0. The van der Waals surface area contributed by atoms with Crippen LogP contribution in [0.25, 0.3) is 0 Å². The molecule has 2 aromatic heterocycles. The largest absolute Gasteiger partial charge is 0.466 e. The fraction of sp³-hybridized carbons (Fsp3) is 0.158. The van der Waals surface area contributed by atoms with Crippen LogP contribution in [0.3, 0.4) is 0 Å². The molecule has 0 saturated carbocycles. The zero-order chi connectivity index (χ0) is 17.7. The first kappa shape index (κ1) is 16.7. The number of hydrogen-bond donors (Lipinski definition) is 2. The Kier molecular flexibility index (Phi) is 4.81. The van der Waals surface area contributed by atoms with Gasteiger partial charge in [0.2, 0.25) is 5.88 Å². The monoisotopic (exact) mass is 338 g/mol. The Labute approximate surface area is 145 Å². The van der Waals surface area contributed by atoms with E-state index in [2.05, 4.69) is 10.3 Å². The molecule has 25 heavy (non-hydrogen) atoms. The highest BCUT2D eigenvalue weighted by Crippen LogP contribution is 2.21. The lowest BCUT2D eigenvalue weighted by molar-refractivity contribution is 0.0330. The van der Waals surface area contributed by atoms with Crippen molar-refractivity contribution in [1.82, 2.24) is 10.3 Å². The van der Waals surface area contributed by atoms with E-state index < -0.39 is 5.60 Å². The van der Waals surface area contributed by atoms with Crippen LogP contribution in [0.15, 0.2) is 71.5 Å². The molecule has 128 valence electrons. The third-order valence-electron chi connectivity index (χ3n) is 3.61. The van der Waals surface area contributed by atoms with Gasteiger partial charge in [0.15, 0.2) is 0 Å². The van der Waals surface area contributed by atoms with E-state index in [1.807, 2.05) is 30.3 Å². The zero-order valence-electron chi connectivity index (χ0n) is 13.7. The van der Waals surface area contributed by atoms with Gasteiger partial charge in [-0.15, -0.1) is 0 Å². The number of pyridine rings is 1. The summed E-state index contributed by atoms with van der Waals surface area (Å²) in [6, 6.07) is 15.8. The molecule has 1 unspecified atom stereocenters. The second kappa shape index (κ2) is 7.19. The van der Waals surface area contributed by atoms with Crippen LogP contribution >= 0.6 is 0 Å². The normalized spacial score (nSPS) is 13.0. The standard InChI is InChI=1S/C19H18N2O4/c1-19(23,16-8-5-11-24-16)13-21-18(22)14-9-10-17(20-12-14)25-15-6-3-2-4-7-15/h2-12,23H,13H2,1H3,(H,21,22). The fourth-order valence-electron chi connectivity index (χ4n) is 2.21. The van der Waals surface area contributed by atoms with Crippen molar-refractivity contribution in [2.45, 2.75) is 12.5 Å². The summed E-state index contributed by atoms with van der Waals surface area (Å²) in [6.07, 6.45) is 2.90. The molecule has 0 bridgehead atoms. The summed E-state index contributed by atoms with van der Waals surface area (Å²) in [6.45, 7) is 1.59. The van der Waals surface area contributed by atoms with Crippen molar-refractivity contribution >= 4 is 5.91 Å². The number of aliphatic hydroxyl groups is 1. The number of hydrogen-bond acceptors (Lipinski definition) is 5. The summed E-state index contributed by atoms with van der Waals surface area (Å²) in [5.41, 5.74) is -0.918. The van der Waals surface area contributed by atoms with Crippen LogP contribution in [0, 0.1) is 0 Å². The Hall–Kier alpha value is -3.12. The van der Waals surface area contributed by atoms with E-state index in [0.29, 0.717) is 23.0 Å². The molecule has 6 heteroatoms. The molecule has 0 fully saturated rings. The molecular weight excluding hydrogens is 320 g/mol. The number of carbonyl (C=O) groups is 1. The summed E-state index contributed by atoms with van der Waals surface area (Å²) in [5, 5.41) is 13.0. The van der Waals surface area contributed by atoms with Crippen LogP contribution in [0.1, 0.15) is 23.0 Å². The number of ether oxygens (including phenoxy) is 1. The highest BCUT2D eigenvalue weighted by atomic mass is 16.5. The van der Waals surface area contributed by atoms with Crippen molar-refractivity contribution < 1.29 is 19.1 Å². The van der Waals surface area contributed by atoms with Crippen molar-refractivity contribution in [2.24, 2.45) is 0 Å². The molecule has 1 atom stereocenters. The minimum Gasteiger partial charge on any atom is -0.466 e. The topological polar surface area (TPSA) is 84.6 Å². The maximum absolute atomic E-state index is 12.2. The second-order valence-electron chi connectivity index (χ2n) is 5.73.